The lowest BCUT2D eigenvalue weighted by molar-refractivity contribution is 0.414. The number of nitrogens with zero attached hydrogens (tertiary/aromatic N) is 4. The molecule has 0 atom stereocenters. The number of benzene rings is 2. The fourth-order valence-corrected chi connectivity index (χ4v) is 3.47. The van der Waals surface area contributed by atoms with Gasteiger partial charge < -0.3 is 9.30 Å². The predicted molar refractivity (Wildman–Crippen MR) is 112 cm³/mol. The van der Waals surface area contributed by atoms with Crippen LogP contribution in [0.4, 0.5) is 0 Å². The summed E-state index contributed by atoms with van der Waals surface area (Å²) in [5, 5.41) is 0. The number of hydrogen-bond acceptors (Lipinski definition) is 4. The highest BCUT2D eigenvalue weighted by molar-refractivity contribution is 5.72. The van der Waals surface area contributed by atoms with Crippen molar-refractivity contribution in [2.75, 3.05) is 7.11 Å². The minimum Gasteiger partial charge on any atom is -0.497 e. The Labute approximate surface area is 167 Å². The van der Waals surface area contributed by atoms with Crippen LogP contribution in [0.1, 0.15) is 18.1 Å². The van der Waals surface area contributed by atoms with Gasteiger partial charge in [-0.1, -0.05) is 29.8 Å². The average molecular weight is 390 g/mol. The number of aryl methyl sites for hydroxylation is 1. The minimum absolute atomic E-state index is 0.282. The van der Waals surface area contributed by atoms with Crippen molar-refractivity contribution in [2.45, 2.75) is 26.9 Å². The Morgan fingerprint density at radius 3 is 2.52 bits per heavy atom. The van der Waals surface area contributed by atoms with Gasteiger partial charge in [-0.05, 0) is 43.7 Å². The third-order valence-corrected chi connectivity index (χ3v) is 5.00. The molecule has 4 rings (SSSR count). The highest BCUT2D eigenvalue weighted by Gasteiger charge is 2.18. The van der Waals surface area contributed by atoms with Gasteiger partial charge in [-0.3, -0.25) is 9.36 Å². The van der Waals surface area contributed by atoms with Gasteiger partial charge in [-0.15, -0.1) is 0 Å². The molecule has 0 fully saturated rings. The maximum absolute atomic E-state index is 13.1. The van der Waals surface area contributed by atoms with Crippen LogP contribution in [0, 0.1) is 6.92 Å². The molecule has 0 aliphatic heterocycles. The molecule has 2 aromatic carbocycles. The Hall–Kier alpha value is -3.61. The second-order valence-corrected chi connectivity index (χ2v) is 6.90. The third kappa shape index (κ3) is 3.24. The molecule has 148 valence electrons. The van der Waals surface area contributed by atoms with Crippen molar-refractivity contribution < 1.29 is 4.74 Å². The van der Waals surface area contributed by atoms with Crippen molar-refractivity contribution in [3.05, 3.63) is 86.8 Å². The third-order valence-electron chi connectivity index (χ3n) is 5.00. The quantitative estimate of drug-likeness (QED) is 0.525. The second kappa shape index (κ2) is 7.43. The number of rotatable bonds is 5. The number of fused-ring (bicyclic) bond motifs is 1. The molecule has 2 heterocycles. The first-order valence-corrected chi connectivity index (χ1v) is 9.44. The molecule has 0 spiro atoms. The fourth-order valence-electron chi connectivity index (χ4n) is 3.47. The van der Waals surface area contributed by atoms with E-state index in [4.69, 9.17) is 4.74 Å². The maximum Gasteiger partial charge on any atom is 0.337 e. The summed E-state index contributed by atoms with van der Waals surface area (Å²) in [6.45, 7) is 4.50. The van der Waals surface area contributed by atoms with Crippen LogP contribution in [-0.2, 0) is 13.1 Å². The molecule has 0 aliphatic carbocycles. The van der Waals surface area contributed by atoms with Crippen molar-refractivity contribution in [3.8, 4) is 11.4 Å². The van der Waals surface area contributed by atoms with Crippen molar-refractivity contribution in [2.24, 2.45) is 0 Å². The molecule has 7 heteroatoms. The first kappa shape index (κ1) is 18.7. The Morgan fingerprint density at radius 2 is 1.83 bits per heavy atom. The SMILES string of the molecule is CCn1c(=O)c2c(ncn2Cc2cccc(OC)c2)n(-c2ccc(C)cc2)c1=O. The van der Waals surface area contributed by atoms with Crippen LogP contribution >= 0.6 is 0 Å². The van der Waals surface area contributed by atoms with E-state index in [9.17, 15) is 9.59 Å². The molecule has 29 heavy (non-hydrogen) atoms. The summed E-state index contributed by atoms with van der Waals surface area (Å²) < 4.78 is 9.81. The van der Waals surface area contributed by atoms with Gasteiger partial charge in [0.05, 0.1) is 19.1 Å². The topological polar surface area (TPSA) is 71.0 Å². The van der Waals surface area contributed by atoms with Crippen molar-refractivity contribution in [1.29, 1.82) is 0 Å². The smallest absolute Gasteiger partial charge is 0.337 e. The first-order chi connectivity index (χ1) is 14.0. The van der Waals surface area contributed by atoms with E-state index < -0.39 is 0 Å². The van der Waals surface area contributed by atoms with Crippen molar-refractivity contribution in [3.63, 3.8) is 0 Å². The summed E-state index contributed by atoms with van der Waals surface area (Å²) in [6, 6.07) is 15.2. The number of imidazole rings is 1. The van der Waals surface area contributed by atoms with E-state index in [1.54, 1.807) is 24.9 Å². The van der Waals surface area contributed by atoms with E-state index in [0.717, 1.165) is 16.9 Å². The minimum atomic E-state index is -0.388. The molecule has 0 saturated heterocycles. The van der Waals surface area contributed by atoms with E-state index in [0.29, 0.717) is 23.4 Å². The summed E-state index contributed by atoms with van der Waals surface area (Å²) in [5.74, 6) is 0.745. The average Bonchev–Trinajstić information content (AvgIpc) is 3.13. The number of methoxy groups -OCH3 is 1. The molecule has 2 aromatic heterocycles. The van der Waals surface area contributed by atoms with E-state index in [1.807, 2.05) is 55.5 Å². The van der Waals surface area contributed by atoms with E-state index in [-0.39, 0.29) is 17.8 Å². The van der Waals surface area contributed by atoms with Crippen LogP contribution in [0.2, 0.25) is 0 Å². The van der Waals surface area contributed by atoms with E-state index in [2.05, 4.69) is 4.98 Å². The molecule has 0 amide bonds. The number of ether oxygens (including phenoxy) is 1. The molecule has 0 aliphatic rings. The fraction of sp³-hybridized carbons (Fsp3) is 0.227. The lowest BCUT2D eigenvalue weighted by atomic mass is 10.2. The normalized spacial score (nSPS) is 11.1. The van der Waals surface area contributed by atoms with E-state index >= 15 is 0 Å². The summed E-state index contributed by atoms with van der Waals surface area (Å²) in [7, 11) is 1.62. The highest BCUT2D eigenvalue weighted by Crippen LogP contribution is 2.17. The van der Waals surface area contributed by atoms with Crippen molar-refractivity contribution in [1.82, 2.24) is 18.7 Å². The Morgan fingerprint density at radius 1 is 1.07 bits per heavy atom. The molecule has 4 aromatic rings. The zero-order valence-corrected chi connectivity index (χ0v) is 16.6. The van der Waals surface area contributed by atoms with Crippen LogP contribution in [0.25, 0.3) is 16.9 Å². The molecular weight excluding hydrogens is 368 g/mol. The largest absolute Gasteiger partial charge is 0.497 e. The Bertz CT molecular complexity index is 1300. The Kier molecular flexibility index (Phi) is 4.80. The lowest BCUT2D eigenvalue weighted by Gasteiger charge is -2.12. The van der Waals surface area contributed by atoms with Gasteiger partial charge in [0.15, 0.2) is 11.2 Å². The Balaban J connectivity index is 1.95. The molecule has 7 nitrogen and oxygen atoms in total. The monoisotopic (exact) mass is 390 g/mol. The number of aromatic nitrogens is 4. The molecule has 0 unspecified atom stereocenters. The molecule has 0 bridgehead atoms. The van der Waals surface area contributed by atoms with E-state index in [1.165, 1.54) is 9.13 Å². The van der Waals surface area contributed by atoms with Crippen LogP contribution in [0.5, 0.6) is 5.75 Å². The van der Waals surface area contributed by atoms with Crippen LogP contribution in [-0.4, -0.2) is 25.8 Å². The molecule has 0 N–H and O–H groups in total. The summed E-state index contributed by atoms with van der Waals surface area (Å²) in [6.07, 6.45) is 1.61. The summed E-state index contributed by atoms with van der Waals surface area (Å²) >= 11 is 0. The van der Waals surface area contributed by atoms with Crippen LogP contribution in [0.3, 0.4) is 0 Å². The highest BCUT2D eigenvalue weighted by atomic mass is 16.5. The summed E-state index contributed by atoms with van der Waals surface area (Å²) in [5.41, 5.74) is 2.77. The van der Waals surface area contributed by atoms with Gasteiger partial charge in [0, 0.05) is 13.1 Å². The first-order valence-electron chi connectivity index (χ1n) is 9.44. The summed E-state index contributed by atoms with van der Waals surface area (Å²) in [4.78, 5) is 30.5. The molecule has 0 saturated carbocycles. The zero-order valence-electron chi connectivity index (χ0n) is 16.6. The van der Waals surface area contributed by atoms with Crippen LogP contribution in [0.15, 0.2) is 64.4 Å². The van der Waals surface area contributed by atoms with Gasteiger partial charge in [-0.2, -0.15) is 0 Å². The maximum atomic E-state index is 13.1. The lowest BCUT2D eigenvalue weighted by Crippen LogP contribution is -2.39. The van der Waals surface area contributed by atoms with Gasteiger partial charge in [0.25, 0.3) is 5.56 Å². The molecular formula is C22H22N4O3. The zero-order chi connectivity index (χ0) is 20.5. The van der Waals surface area contributed by atoms with Gasteiger partial charge in [0.1, 0.15) is 5.75 Å². The van der Waals surface area contributed by atoms with Gasteiger partial charge >= 0.3 is 5.69 Å². The van der Waals surface area contributed by atoms with Crippen LogP contribution < -0.4 is 16.0 Å². The second-order valence-electron chi connectivity index (χ2n) is 6.90. The van der Waals surface area contributed by atoms with Crippen molar-refractivity contribution >= 4 is 11.2 Å². The predicted octanol–water partition coefficient (Wildman–Crippen LogP) is 2.73. The van der Waals surface area contributed by atoms with Gasteiger partial charge in [-0.25, -0.2) is 14.3 Å². The van der Waals surface area contributed by atoms with Gasteiger partial charge in [0.2, 0.25) is 0 Å². The standard InChI is InChI=1S/C22H22N4O3/c1-4-25-21(27)19-20(26(22(25)28)17-10-8-15(2)9-11-17)23-14-24(19)13-16-6-5-7-18(12-16)29-3/h5-12,14H,4,13H2,1-3H3. The number of hydrogen-bond donors (Lipinski definition) is 0. The molecule has 0 radical (unpaired) electrons.